The second kappa shape index (κ2) is 5.09. The summed E-state index contributed by atoms with van der Waals surface area (Å²) in [4.78, 5) is 16.4. The normalized spacial score (nSPS) is 10.7. The van der Waals surface area contributed by atoms with Gasteiger partial charge in [-0.2, -0.15) is 0 Å². The van der Waals surface area contributed by atoms with Crippen LogP contribution in [-0.2, 0) is 0 Å². The molecular formula is C15H10BrNO3. The number of methoxy groups -OCH3 is 1. The van der Waals surface area contributed by atoms with Crippen LogP contribution in [0.15, 0.2) is 56.1 Å². The Labute approximate surface area is 123 Å². The number of hydrogen-bond donors (Lipinski definition) is 0. The average molecular weight is 332 g/mol. The number of rotatable bonds is 2. The van der Waals surface area contributed by atoms with E-state index in [0.29, 0.717) is 22.2 Å². The Bertz CT molecular complexity index is 842. The van der Waals surface area contributed by atoms with Gasteiger partial charge in [-0.15, -0.1) is 0 Å². The third-order valence-corrected chi connectivity index (χ3v) is 3.42. The predicted octanol–water partition coefficient (Wildman–Crippen LogP) is 3.63. The Morgan fingerprint density at radius 1 is 1.20 bits per heavy atom. The van der Waals surface area contributed by atoms with Gasteiger partial charge in [0.05, 0.1) is 23.6 Å². The highest BCUT2D eigenvalue weighted by atomic mass is 79.9. The van der Waals surface area contributed by atoms with Gasteiger partial charge < -0.3 is 9.15 Å². The van der Waals surface area contributed by atoms with Gasteiger partial charge in [-0.3, -0.25) is 0 Å². The van der Waals surface area contributed by atoms with Crippen LogP contribution in [0, 0.1) is 0 Å². The summed E-state index contributed by atoms with van der Waals surface area (Å²) in [5, 5.41) is 0.463. The molecule has 0 radical (unpaired) electrons. The van der Waals surface area contributed by atoms with Crippen LogP contribution in [0.25, 0.3) is 22.4 Å². The third kappa shape index (κ3) is 2.20. The number of para-hydroxylation sites is 1. The van der Waals surface area contributed by atoms with Gasteiger partial charge in [-0.1, -0.05) is 28.1 Å². The lowest BCUT2D eigenvalue weighted by Crippen LogP contribution is -2.03. The quantitative estimate of drug-likeness (QED) is 0.719. The van der Waals surface area contributed by atoms with Gasteiger partial charge >= 0.3 is 5.63 Å². The molecule has 0 bridgehead atoms. The first-order valence-electron chi connectivity index (χ1n) is 5.93. The molecule has 1 heterocycles. The van der Waals surface area contributed by atoms with Crippen LogP contribution in [0.5, 0.6) is 5.75 Å². The van der Waals surface area contributed by atoms with Crippen LogP contribution in [0.3, 0.4) is 0 Å². The topological polar surface area (TPSA) is 52.3 Å². The Hall–Kier alpha value is -2.14. The van der Waals surface area contributed by atoms with Gasteiger partial charge in [0.2, 0.25) is 5.89 Å². The standard InChI is InChI=1S/C15H10BrNO3/c1-19-13-7-6-9(16)8-11(13)14-17-12-5-3-2-4-10(12)15(18)20-14/h2-8H,1H3. The van der Waals surface area contributed by atoms with E-state index in [2.05, 4.69) is 20.9 Å². The van der Waals surface area contributed by atoms with Crippen molar-refractivity contribution in [2.75, 3.05) is 7.11 Å². The van der Waals surface area contributed by atoms with Crippen LogP contribution in [-0.4, -0.2) is 12.1 Å². The fourth-order valence-electron chi connectivity index (χ4n) is 1.98. The van der Waals surface area contributed by atoms with Gasteiger partial charge in [0.1, 0.15) is 5.75 Å². The number of aromatic nitrogens is 1. The van der Waals surface area contributed by atoms with Crippen molar-refractivity contribution in [1.82, 2.24) is 4.98 Å². The average Bonchev–Trinajstić information content (AvgIpc) is 2.47. The van der Waals surface area contributed by atoms with Gasteiger partial charge in [0, 0.05) is 4.47 Å². The number of nitrogens with zero attached hydrogens (tertiary/aromatic N) is 1. The molecule has 0 amide bonds. The monoisotopic (exact) mass is 331 g/mol. The fourth-order valence-corrected chi connectivity index (χ4v) is 2.34. The Morgan fingerprint density at radius 3 is 2.80 bits per heavy atom. The molecule has 0 saturated heterocycles. The van der Waals surface area contributed by atoms with Crippen molar-refractivity contribution in [3.8, 4) is 17.2 Å². The molecule has 2 aromatic carbocycles. The lowest BCUT2D eigenvalue weighted by molar-refractivity contribution is 0.413. The first-order chi connectivity index (χ1) is 9.69. The molecular weight excluding hydrogens is 322 g/mol. The van der Waals surface area contributed by atoms with Gasteiger partial charge in [0.25, 0.3) is 0 Å². The van der Waals surface area contributed by atoms with Crippen LogP contribution in [0.4, 0.5) is 0 Å². The summed E-state index contributed by atoms with van der Waals surface area (Å²) in [6.07, 6.45) is 0. The van der Waals surface area contributed by atoms with Gasteiger partial charge in [-0.05, 0) is 30.3 Å². The van der Waals surface area contributed by atoms with Crippen LogP contribution in [0.2, 0.25) is 0 Å². The summed E-state index contributed by atoms with van der Waals surface area (Å²) < 4.78 is 11.4. The highest BCUT2D eigenvalue weighted by Gasteiger charge is 2.13. The zero-order valence-electron chi connectivity index (χ0n) is 10.6. The second-order valence-corrected chi connectivity index (χ2v) is 5.08. The van der Waals surface area contributed by atoms with E-state index in [9.17, 15) is 4.79 Å². The summed E-state index contributed by atoms with van der Waals surface area (Å²) >= 11 is 3.39. The minimum Gasteiger partial charge on any atom is -0.496 e. The maximum absolute atomic E-state index is 12.0. The lowest BCUT2D eigenvalue weighted by Gasteiger charge is -2.07. The highest BCUT2D eigenvalue weighted by molar-refractivity contribution is 9.10. The number of halogens is 1. The molecule has 0 spiro atoms. The molecule has 4 nitrogen and oxygen atoms in total. The fraction of sp³-hybridized carbons (Fsp3) is 0.0667. The van der Waals surface area contributed by atoms with E-state index < -0.39 is 5.63 Å². The summed E-state index contributed by atoms with van der Waals surface area (Å²) in [6, 6.07) is 12.5. The smallest absolute Gasteiger partial charge is 0.347 e. The van der Waals surface area contributed by atoms with Crippen LogP contribution >= 0.6 is 15.9 Å². The van der Waals surface area contributed by atoms with Gasteiger partial charge in [0.15, 0.2) is 0 Å². The Kier molecular flexibility index (Phi) is 3.28. The van der Waals surface area contributed by atoms with E-state index in [-0.39, 0.29) is 5.89 Å². The molecule has 3 rings (SSSR count). The molecule has 0 N–H and O–H groups in total. The maximum atomic E-state index is 12.0. The number of benzene rings is 2. The maximum Gasteiger partial charge on any atom is 0.347 e. The van der Waals surface area contributed by atoms with E-state index in [0.717, 1.165) is 4.47 Å². The molecule has 0 saturated carbocycles. The molecule has 3 aromatic rings. The van der Waals surface area contributed by atoms with Crippen molar-refractivity contribution in [1.29, 1.82) is 0 Å². The van der Waals surface area contributed by atoms with Gasteiger partial charge in [-0.25, -0.2) is 9.78 Å². The largest absolute Gasteiger partial charge is 0.496 e. The van der Waals surface area contributed by atoms with E-state index in [4.69, 9.17) is 9.15 Å². The van der Waals surface area contributed by atoms with Crippen molar-refractivity contribution >= 4 is 26.8 Å². The molecule has 0 aliphatic carbocycles. The molecule has 0 aliphatic rings. The number of hydrogen-bond acceptors (Lipinski definition) is 4. The van der Waals surface area contributed by atoms with Crippen molar-refractivity contribution in [3.05, 3.63) is 57.4 Å². The molecule has 5 heteroatoms. The highest BCUT2D eigenvalue weighted by Crippen LogP contribution is 2.31. The molecule has 20 heavy (non-hydrogen) atoms. The molecule has 0 unspecified atom stereocenters. The summed E-state index contributed by atoms with van der Waals surface area (Å²) in [5.41, 5.74) is 0.818. The van der Waals surface area contributed by atoms with Crippen molar-refractivity contribution in [3.63, 3.8) is 0 Å². The Balaban J connectivity index is 2.30. The van der Waals surface area contributed by atoms with Crippen molar-refractivity contribution < 1.29 is 9.15 Å². The third-order valence-electron chi connectivity index (χ3n) is 2.93. The minimum atomic E-state index is -0.410. The molecule has 0 fully saturated rings. The van der Waals surface area contributed by atoms with E-state index in [1.165, 1.54) is 0 Å². The lowest BCUT2D eigenvalue weighted by atomic mass is 10.2. The van der Waals surface area contributed by atoms with Crippen molar-refractivity contribution in [2.24, 2.45) is 0 Å². The molecule has 0 atom stereocenters. The Morgan fingerprint density at radius 2 is 2.00 bits per heavy atom. The molecule has 0 aliphatic heterocycles. The number of fused-ring (bicyclic) bond motifs is 1. The van der Waals surface area contributed by atoms with Crippen LogP contribution in [0.1, 0.15) is 0 Å². The van der Waals surface area contributed by atoms with Crippen LogP contribution < -0.4 is 10.4 Å². The summed E-state index contributed by atoms with van der Waals surface area (Å²) in [6.45, 7) is 0. The predicted molar refractivity (Wildman–Crippen MR) is 80.0 cm³/mol. The minimum absolute atomic E-state index is 0.242. The zero-order valence-corrected chi connectivity index (χ0v) is 12.2. The first-order valence-corrected chi connectivity index (χ1v) is 6.72. The SMILES string of the molecule is COc1ccc(Br)cc1-c1nc2ccccc2c(=O)o1. The van der Waals surface area contributed by atoms with E-state index >= 15 is 0 Å². The second-order valence-electron chi connectivity index (χ2n) is 4.17. The first kappa shape index (κ1) is 12.9. The van der Waals surface area contributed by atoms with E-state index in [1.54, 1.807) is 37.4 Å². The summed E-state index contributed by atoms with van der Waals surface area (Å²) in [7, 11) is 1.56. The van der Waals surface area contributed by atoms with E-state index in [1.807, 2.05) is 12.1 Å². The molecule has 1 aromatic heterocycles. The number of ether oxygens (including phenoxy) is 1. The molecule has 100 valence electrons. The summed E-state index contributed by atoms with van der Waals surface area (Å²) in [5.74, 6) is 0.839. The zero-order chi connectivity index (χ0) is 14.1. The van der Waals surface area contributed by atoms with Crippen molar-refractivity contribution in [2.45, 2.75) is 0 Å².